The number of piperidine rings is 1. The minimum atomic E-state index is 0.0684. The Morgan fingerprint density at radius 2 is 1.82 bits per heavy atom. The lowest BCUT2D eigenvalue weighted by molar-refractivity contribution is -0.126. The quantitative estimate of drug-likeness (QED) is 0.285. The van der Waals surface area contributed by atoms with Gasteiger partial charge in [0.15, 0.2) is 0 Å². The Balaban J connectivity index is 1.37. The van der Waals surface area contributed by atoms with Gasteiger partial charge >= 0.3 is 0 Å². The second-order valence-corrected chi connectivity index (χ2v) is 10.3. The minimum Gasteiger partial charge on any atom is -0.457 e. The van der Waals surface area contributed by atoms with E-state index in [1.54, 1.807) is 24.0 Å². The molecule has 1 amide bonds. The smallest absolute Gasteiger partial charge is 0.247 e. The first kappa shape index (κ1) is 27.3. The van der Waals surface area contributed by atoms with Gasteiger partial charge in [0.05, 0.1) is 11.3 Å². The highest BCUT2D eigenvalue weighted by molar-refractivity contribution is 8.02. The molecular formula is C29H34N6O2S. The van der Waals surface area contributed by atoms with E-state index in [-0.39, 0.29) is 11.9 Å². The molecule has 9 heteroatoms. The second kappa shape index (κ2) is 13.2. The van der Waals surface area contributed by atoms with Crippen molar-refractivity contribution in [3.8, 4) is 11.5 Å². The Hall–Kier alpha value is -3.69. The standard InChI is InChI=1S/C29H34N6O2S/c1-34(2)19-25(38-3)17-27(36)35-15-13-22(14-16-35)33-29-26(18-31-20-32-29)28(30)21-9-11-24(12-10-21)37-23-7-5-4-6-8-23/h4-12,17-18,20,22,30H,13-16,19H2,1-3H3,(H,31,32,33)/b25-17-,30-28?. The zero-order valence-electron chi connectivity index (χ0n) is 22.1. The van der Waals surface area contributed by atoms with Crippen LogP contribution in [-0.4, -0.2) is 77.4 Å². The first-order valence-corrected chi connectivity index (χ1v) is 13.8. The van der Waals surface area contributed by atoms with Gasteiger partial charge in [0.2, 0.25) is 5.91 Å². The molecule has 1 aliphatic rings. The van der Waals surface area contributed by atoms with Gasteiger partial charge in [-0.25, -0.2) is 9.97 Å². The van der Waals surface area contributed by atoms with Crippen LogP contribution in [0.15, 0.2) is 78.1 Å². The van der Waals surface area contributed by atoms with Gasteiger partial charge < -0.3 is 19.9 Å². The number of hydrogen-bond donors (Lipinski definition) is 2. The fourth-order valence-corrected chi connectivity index (χ4v) is 4.85. The lowest BCUT2D eigenvalue weighted by Crippen LogP contribution is -2.42. The molecule has 0 unspecified atom stereocenters. The predicted octanol–water partition coefficient (Wildman–Crippen LogP) is 4.90. The molecule has 4 rings (SSSR count). The molecule has 1 saturated heterocycles. The number of para-hydroxylation sites is 1. The minimum absolute atomic E-state index is 0.0684. The summed E-state index contributed by atoms with van der Waals surface area (Å²) in [6.07, 6.45) is 8.55. The summed E-state index contributed by atoms with van der Waals surface area (Å²) in [5, 5.41) is 12.3. The third-order valence-electron chi connectivity index (χ3n) is 6.27. The van der Waals surface area contributed by atoms with E-state index in [2.05, 4.69) is 20.2 Å². The number of likely N-dealkylation sites (tertiary alicyclic amines) is 1. The largest absolute Gasteiger partial charge is 0.457 e. The van der Waals surface area contributed by atoms with Crippen LogP contribution in [0.2, 0.25) is 0 Å². The number of anilines is 1. The van der Waals surface area contributed by atoms with Crippen molar-refractivity contribution in [3.05, 3.63) is 89.2 Å². The van der Waals surface area contributed by atoms with E-state index in [1.807, 2.05) is 79.8 Å². The number of ether oxygens (including phenoxy) is 1. The van der Waals surface area contributed by atoms with E-state index in [1.165, 1.54) is 6.33 Å². The Bertz CT molecular complexity index is 1260. The first-order chi connectivity index (χ1) is 18.4. The maximum Gasteiger partial charge on any atom is 0.247 e. The van der Waals surface area contributed by atoms with Crippen LogP contribution >= 0.6 is 11.8 Å². The molecule has 0 saturated carbocycles. The van der Waals surface area contributed by atoms with E-state index in [9.17, 15) is 4.79 Å². The summed E-state index contributed by atoms with van der Waals surface area (Å²) in [4.78, 5) is 26.4. The number of carbonyl (C=O) groups is 1. The van der Waals surface area contributed by atoms with Crippen molar-refractivity contribution in [1.29, 1.82) is 5.41 Å². The molecular weight excluding hydrogens is 496 g/mol. The van der Waals surface area contributed by atoms with Gasteiger partial charge in [-0.1, -0.05) is 18.2 Å². The molecule has 1 fully saturated rings. The van der Waals surface area contributed by atoms with Gasteiger partial charge in [-0.15, -0.1) is 11.8 Å². The Labute approximate surface area is 228 Å². The van der Waals surface area contributed by atoms with Crippen molar-refractivity contribution in [3.63, 3.8) is 0 Å². The number of amides is 1. The molecule has 198 valence electrons. The predicted molar refractivity (Wildman–Crippen MR) is 154 cm³/mol. The molecule has 0 radical (unpaired) electrons. The summed E-state index contributed by atoms with van der Waals surface area (Å²) < 4.78 is 5.87. The van der Waals surface area contributed by atoms with Gasteiger partial charge in [0, 0.05) is 48.4 Å². The third-order valence-corrected chi connectivity index (χ3v) is 7.04. The van der Waals surface area contributed by atoms with E-state index in [0.717, 1.165) is 35.6 Å². The zero-order valence-corrected chi connectivity index (χ0v) is 22.9. The number of aromatic nitrogens is 2. The topological polar surface area (TPSA) is 94.4 Å². The van der Waals surface area contributed by atoms with Crippen LogP contribution < -0.4 is 10.1 Å². The highest BCUT2D eigenvalue weighted by Crippen LogP contribution is 2.24. The van der Waals surface area contributed by atoms with E-state index >= 15 is 0 Å². The molecule has 0 atom stereocenters. The van der Waals surface area contributed by atoms with Crippen molar-refractivity contribution in [1.82, 2.24) is 19.8 Å². The molecule has 2 N–H and O–H groups in total. The second-order valence-electron chi connectivity index (χ2n) is 9.40. The van der Waals surface area contributed by atoms with Crippen molar-refractivity contribution < 1.29 is 9.53 Å². The molecule has 0 bridgehead atoms. The maximum atomic E-state index is 12.8. The number of hydrogen-bond acceptors (Lipinski definition) is 8. The Kier molecular flexibility index (Phi) is 9.51. The number of nitrogens with zero attached hydrogens (tertiary/aromatic N) is 4. The van der Waals surface area contributed by atoms with Crippen molar-refractivity contribution in [2.45, 2.75) is 18.9 Å². The summed E-state index contributed by atoms with van der Waals surface area (Å²) in [6, 6.07) is 17.2. The van der Waals surface area contributed by atoms with Crippen LogP contribution in [0.3, 0.4) is 0 Å². The third kappa shape index (κ3) is 7.43. The van der Waals surface area contributed by atoms with Crippen LogP contribution in [-0.2, 0) is 4.79 Å². The molecule has 38 heavy (non-hydrogen) atoms. The normalized spacial score (nSPS) is 14.4. The highest BCUT2D eigenvalue weighted by Gasteiger charge is 2.24. The van der Waals surface area contributed by atoms with Gasteiger partial charge in [-0.3, -0.25) is 10.2 Å². The number of carbonyl (C=O) groups excluding carboxylic acids is 1. The van der Waals surface area contributed by atoms with Crippen LogP contribution in [0, 0.1) is 5.41 Å². The number of thioether (sulfide) groups is 1. The molecule has 3 aromatic rings. The van der Waals surface area contributed by atoms with Crippen LogP contribution in [0.1, 0.15) is 24.0 Å². The summed E-state index contributed by atoms with van der Waals surface area (Å²) >= 11 is 1.61. The Morgan fingerprint density at radius 3 is 2.47 bits per heavy atom. The lowest BCUT2D eigenvalue weighted by Gasteiger charge is -2.32. The number of likely N-dealkylation sites (N-methyl/N-ethyl adjacent to an activating group) is 1. The van der Waals surface area contributed by atoms with Crippen molar-refractivity contribution in [2.24, 2.45) is 0 Å². The molecule has 8 nitrogen and oxygen atoms in total. The summed E-state index contributed by atoms with van der Waals surface area (Å²) in [5.74, 6) is 2.17. The van der Waals surface area contributed by atoms with Gasteiger partial charge in [0.25, 0.3) is 0 Å². The summed E-state index contributed by atoms with van der Waals surface area (Å²) in [7, 11) is 4.00. The van der Waals surface area contributed by atoms with E-state index < -0.39 is 0 Å². The molecule has 2 heterocycles. The Morgan fingerprint density at radius 1 is 1.13 bits per heavy atom. The fourth-order valence-electron chi connectivity index (χ4n) is 4.24. The van der Waals surface area contributed by atoms with Crippen molar-refractivity contribution in [2.75, 3.05) is 45.3 Å². The average Bonchev–Trinajstić information content (AvgIpc) is 2.93. The van der Waals surface area contributed by atoms with Crippen LogP contribution in [0.5, 0.6) is 11.5 Å². The van der Waals surface area contributed by atoms with Crippen LogP contribution in [0.25, 0.3) is 0 Å². The number of benzene rings is 2. The number of nitrogens with one attached hydrogen (secondary N) is 2. The van der Waals surface area contributed by atoms with Crippen molar-refractivity contribution >= 4 is 29.2 Å². The molecule has 1 aromatic heterocycles. The maximum absolute atomic E-state index is 12.8. The molecule has 0 spiro atoms. The number of rotatable bonds is 10. The molecule has 2 aromatic carbocycles. The van der Waals surface area contributed by atoms with Gasteiger partial charge in [-0.2, -0.15) is 0 Å². The van der Waals surface area contributed by atoms with Crippen LogP contribution in [0.4, 0.5) is 5.82 Å². The van der Waals surface area contributed by atoms with E-state index in [0.29, 0.717) is 35.9 Å². The average molecular weight is 531 g/mol. The summed E-state index contributed by atoms with van der Waals surface area (Å²) in [6.45, 7) is 2.12. The SMILES string of the molecule is CS/C(=C\C(=O)N1CCC(Nc2ncncc2C(=N)c2ccc(Oc3ccccc3)cc2)CC1)CN(C)C. The van der Waals surface area contributed by atoms with E-state index in [4.69, 9.17) is 10.1 Å². The monoisotopic (exact) mass is 530 g/mol. The highest BCUT2D eigenvalue weighted by atomic mass is 32.2. The van der Waals surface area contributed by atoms with Gasteiger partial charge in [-0.05, 0) is 69.6 Å². The first-order valence-electron chi connectivity index (χ1n) is 12.6. The molecule has 1 aliphatic heterocycles. The zero-order chi connectivity index (χ0) is 26.9. The molecule has 0 aliphatic carbocycles. The fraction of sp³-hybridized carbons (Fsp3) is 0.310. The lowest BCUT2D eigenvalue weighted by atomic mass is 10.0. The van der Waals surface area contributed by atoms with Gasteiger partial charge in [0.1, 0.15) is 23.6 Å². The summed E-state index contributed by atoms with van der Waals surface area (Å²) in [5.41, 5.74) is 1.72.